The molecule has 0 fully saturated rings. The summed E-state index contributed by atoms with van der Waals surface area (Å²) in [5, 5.41) is 0.714. The molecule has 0 saturated carbocycles. The summed E-state index contributed by atoms with van der Waals surface area (Å²) in [5.74, 6) is 0.0462. The summed E-state index contributed by atoms with van der Waals surface area (Å²) in [6, 6.07) is 16.3. The van der Waals surface area contributed by atoms with Crippen LogP contribution in [0.25, 0.3) is 11.0 Å². The maximum atomic E-state index is 11.9. The van der Waals surface area contributed by atoms with E-state index < -0.39 is 29.4 Å². The lowest BCUT2D eigenvalue weighted by molar-refractivity contribution is -0.181. The Kier molecular flexibility index (Phi) is 4.88. The van der Waals surface area contributed by atoms with E-state index in [2.05, 4.69) is 0 Å². The van der Waals surface area contributed by atoms with Gasteiger partial charge < -0.3 is 18.6 Å². The Morgan fingerprint density at radius 2 is 1.79 bits per heavy atom. The van der Waals surface area contributed by atoms with E-state index in [-0.39, 0.29) is 0 Å². The highest BCUT2D eigenvalue weighted by Crippen LogP contribution is 2.46. The van der Waals surface area contributed by atoms with Gasteiger partial charge in [-0.3, -0.25) is 4.79 Å². The number of esters is 1. The molecule has 1 aliphatic rings. The minimum absolute atomic E-state index is 0.320. The third-order valence-corrected chi connectivity index (χ3v) is 4.97. The second-order valence-electron chi connectivity index (χ2n) is 7.60. The van der Waals surface area contributed by atoms with Crippen LogP contribution in [0.2, 0.25) is 0 Å². The predicted molar refractivity (Wildman–Crippen MR) is 107 cm³/mol. The molecule has 2 heterocycles. The smallest absolute Gasteiger partial charge is 0.336 e. The first-order valence-electron chi connectivity index (χ1n) is 9.44. The fraction of sp³-hybridized carbons (Fsp3) is 0.304. The van der Waals surface area contributed by atoms with Crippen LogP contribution in [0.1, 0.15) is 38.0 Å². The van der Waals surface area contributed by atoms with Gasteiger partial charge in [-0.05, 0) is 37.6 Å². The van der Waals surface area contributed by atoms with Crippen molar-refractivity contribution < 1.29 is 23.4 Å². The summed E-state index contributed by atoms with van der Waals surface area (Å²) >= 11 is 0. The van der Waals surface area contributed by atoms with Crippen molar-refractivity contribution >= 4 is 16.9 Å². The van der Waals surface area contributed by atoms with Crippen LogP contribution in [0.15, 0.2) is 63.8 Å². The lowest BCUT2D eigenvalue weighted by atomic mass is 9.87. The van der Waals surface area contributed by atoms with Crippen LogP contribution in [0.4, 0.5) is 0 Å². The number of benzene rings is 2. The van der Waals surface area contributed by atoms with Gasteiger partial charge >= 0.3 is 11.6 Å². The average Bonchev–Trinajstić information content (AvgIpc) is 2.66. The standard InChI is InChI=1S/C23H22O6/c1-14(24)27-21-19-17(11-9-16-10-12-18(25)28-20(16)19)29-23(2,3)22(21)26-13-15-7-5-4-6-8-15/h4-12,21-22H,13H2,1-3H3. The Morgan fingerprint density at radius 3 is 2.52 bits per heavy atom. The lowest BCUT2D eigenvalue weighted by Crippen LogP contribution is -2.51. The van der Waals surface area contributed by atoms with Crippen molar-refractivity contribution in [3.63, 3.8) is 0 Å². The summed E-state index contributed by atoms with van der Waals surface area (Å²) in [6.07, 6.45) is -1.40. The van der Waals surface area contributed by atoms with E-state index >= 15 is 0 Å². The van der Waals surface area contributed by atoms with Gasteiger partial charge in [-0.2, -0.15) is 0 Å². The second kappa shape index (κ2) is 7.37. The van der Waals surface area contributed by atoms with Crippen molar-refractivity contribution in [3.05, 3.63) is 76.1 Å². The van der Waals surface area contributed by atoms with Crippen molar-refractivity contribution in [2.24, 2.45) is 0 Å². The van der Waals surface area contributed by atoms with Crippen LogP contribution in [-0.4, -0.2) is 17.7 Å². The molecule has 2 atom stereocenters. The van der Waals surface area contributed by atoms with E-state index in [1.807, 2.05) is 50.2 Å². The molecule has 0 N–H and O–H groups in total. The largest absolute Gasteiger partial charge is 0.484 e. The minimum atomic E-state index is -0.788. The summed E-state index contributed by atoms with van der Waals surface area (Å²) in [5.41, 5.74) is 0.557. The van der Waals surface area contributed by atoms with E-state index in [0.29, 0.717) is 28.9 Å². The molecule has 0 amide bonds. The SMILES string of the molecule is CC(=O)OC1c2c(ccc3ccc(=O)oc23)OC(C)(C)C1OCc1ccccc1. The van der Waals surface area contributed by atoms with E-state index in [9.17, 15) is 9.59 Å². The highest BCUT2D eigenvalue weighted by molar-refractivity contribution is 5.83. The van der Waals surface area contributed by atoms with Crippen molar-refractivity contribution in [1.29, 1.82) is 0 Å². The Labute approximate surface area is 168 Å². The Hall–Kier alpha value is -3.12. The molecule has 0 bridgehead atoms. The number of carbonyl (C=O) groups is 1. The summed E-state index contributed by atoms with van der Waals surface area (Å²) in [6.45, 7) is 5.43. The van der Waals surface area contributed by atoms with Gasteiger partial charge in [0, 0.05) is 18.4 Å². The monoisotopic (exact) mass is 394 g/mol. The van der Waals surface area contributed by atoms with Crippen LogP contribution in [-0.2, 0) is 20.9 Å². The predicted octanol–water partition coefficient (Wildman–Crippen LogP) is 4.15. The highest BCUT2D eigenvalue weighted by atomic mass is 16.6. The third-order valence-electron chi connectivity index (χ3n) is 4.97. The molecule has 0 spiro atoms. The number of hydrogen-bond donors (Lipinski definition) is 0. The first-order chi connectivity index (χ1) is 13.8. The van der Waals surface area contributed by atoms with Gasteiger partial charge in [0.2, 0.25) is 0 Å². The summed E-state index contributed by atoms with van der Waals surface area (Å²) < 4.78 is 23.6. The molecular weight excluding hydrogens is 372 g/mol. The van der Waals surface area contributed by atoms with Crippen molar-refractivity contribution in [1.82, 2.24) is 0 Å². The van der Waals surface area contributed by atoms with Crippen LogP contribution < -0.4 is 10.4 Å². The Balaban J connectivity index is 1.82. The van der Waals surface area contributed by atoms with E-state index in [0.717, 1.165) is 5.56 Å². The van der Waals surface area contributed by atoms with Crippen molar-refractivity contribution in [2.75, 3.05) is 0 Å². The quantitative estimate of drug-likeness (QED) is 0.489. The molecular formula is C23H22O6. The fourth-order valence-electron chi connectivity index (χ4n) is 3.70. The minimum Gasteiger partial charge on any atom is -0.484 e. The van der Waals surface area contributed by atoms with Crippen LogP contribution in [0.3, 0.4) is 0 Å². The zero-order valence-electron chi connectivity index (χ0n) is 16.5. The molecule has 0 radical (unpaired) electrons. The van der Waals surface area contributed by atoms with E-state index in [1.165, 1.54) is 13.0 Å². The van der Waals surface area contributed by atoms with Gasteiger partial charge in [0.05, 0.1) is 12.2 Å². The molecule has 29 heavy (non-hydrogen) atoms. The van der Waals surface area contributed by atoms with E-state index in [4.69, 9.17) is 18.6 Å². The Bertz CT molecular complexity index is 1100. The molecule has 6 heteroatoms. The number of carbonyl (C=O) groups excluding carboxylic acids is 1. The molecule has 0 saturated heterocycles. The zero-order valence-corrected chi connectivity index (χ0v) is 16.5. The maximum absolute atomic E-state index is 11.9. The first kappa shape index (κ1) is 19.2. The topological polar surface area (TPSA) is 75.0 Å². The summed E-state index contributed by atoms with van der Waals surface area (Å²) in [7, 11) is 0. The van der Waals surface area contributed by atoms with Gasteiger partial charge in [-0.1, -0.05) is 30.3 Å². The molecule has 4 rings (SSSR count). The van der Waals surface area contributed by atoms with Gasteiger partial charge in [-0.15, -0.1) is 0 Å². The molecule has 1 aromatic heterocycles. The molecule has 150 valence electrons. The third kappa shape index (κ3) is 3.76. The van der Waals surface area contributed by atoms with Crippen molar-refractivity contribution in [2.45, 2.75) is 45.2 Å². The van der Waals surface area contributed by atoms with E-state index in [1.54, 1.807) is 12.1 Å². The van der Waals surface area contributed by atoms with Crippen LogP contribution in [0.5, 0.6) is 5.75 Å². The van der Waals surface area contributed by atoms with Gasteiger partial charge in [-0.25, -0.2) is 4.79 Å². The van der Waals surface area contributed by atoms with Gasteiger partial charge in [0.15, 0.2) is 6.10 Å². The van der Waals surface area contributed by atoms with Crippen LogP contribution in [0, 0.1) is 0 Å². The zero-order chi connectivity index (χ0) is 20.6. The molecule has 3 aromatic rings. The maximum Gasteiger partial charge on any atom is 0.336 e. The average molecular weight is 394 g/mol. The normalized spacial score (nSPS) is 20.0. The molecule has 2 unspecified atom stereocenters. The number of hydrogen-bond acceptors (Lipinski definition) is 6. The first-order valence-corrected chi connectivity index (χ1v) is 9.44. The van der Waals surface area contributed by atoms with Gasteiger partial charge in [0.1, 0.15) is 23.0 Å². The molecule has 1 aliphatic heterocycles. The number of fused-ring (bicyclic) bond motifs is 3. The number of ether oxygens (including phenoxy) is 3. The van der Waals surface area contributed by atoms with Gasteiger partial charge in [0.25, 0.3) is 0 Å². The second-order valence-corrected chi connectivity index (χ2v) is 7.60. The highest BCUT2D eigenvalue weighted by Gasteiger charge is 2.48. The lowest BCUT2D eigenvalue weighted by Gasteiger charge is -2.43. The van der Waals surface area contributed by atoms with Crippen molar-refractivity contribution in [3.8, 4) is 5.75 Å². The molecule has 0 aliphatic carbocycles. The van der Waals surface area contributed by atoms with Crippen LogP contribution >= 0.6 is 0 Å². The fourth-order valence-corrected chi connectivity index (χ4v) is 3.70. The summed E-state index contributed by atoms with van der Waals surface area (Å²) in [4.78, 5) is 23.8. The molecule has 2 aromatic carbocycles. The number of rotatable bonds is 4. The molecule has 6 nitrogen and oxygen atoms in total. The Morgan fingerprint density at radius 1 is 1.07 bits per heavy atom.